The first-order valence-electron chi connectivity index (χ1n) is 6.82. The molecular formula is C15H20FNO2. The lowest BCUT2D eigenvalue weighted by molar-refractivity contribution is -0.140. The van der Waals surface area contributed by atoms with Crippen LogP contribution < -0.4 is 0 Å². The van der Waals surface area contributed by atoms with Crippen molar-refractivity contribution in [2.24, 2.45) is 0 Å². The molecule has 1 aromatic carbocycles. The zero-order chi connectivity index (χ0) is 13.8. The van der Waals surface area contributed by atoms with E-state index in [0.29, 0.717) is 24.2 Å². The number of hydrogen-bond acceptors (Lipinski definition) is 2. The quantitative estimate of drug-likeness (QED) is 0.892. The molecule has 0 aromatic heterocycles. The topological polar surface area (TPSA) is 40.5 Å². The molecule has 1 atom stereocenters. The van der Waals surface area contributed by atoms with Crippen molar-refractivity contribution in [1.29, 1.82) is 0 Å². The summed E-state index contributed by atoms with van der Waals surface area (Å²) in [7, 11) is 0. The average molecular weight is 265 g/mol. The predicted octanol–water partition coefficient (Wildman–Crippen LogP) is 2.57. The van der Waals surface area contributed by atoms with E-state index in [1.807, 2.05) is 0 Å². The van der Waals surface area contributed by atoms with Gasteiger partial charge < -0.3 is 10.0 Å². The van der Waals surface area contributed by atoms with Gasteiger partial charge in [0.05, 0.1) is 0 Å². The Morgan fingerprint density at radius 2 is 1.89 bits per heavy atom. The maximum Gasteiger partial charge on any atom is 0.256 e. The largest absolute Gasteiger partial charge is 0.378 e. The number of nitrogens with zero attached hydrogens (tertiary/aromatic N) is 1. The number of halogens is 1. The molecule has 3 nitrogen and oxygen atoms in total. The normalized spacial score (nSPS) is 17.9. The molecule has 1 heterocycles. The maximum absolute atomic E-state index is 13.2. The maximum atomic E-state index is 13.2. The van der Waals surface area contributed by atoms with Crippen molar-refractivity contribution < 1.29 is 14.3 Å². The van der Waals surface area contributed by atoms with Gasteiger partial charge in [-0.15, -0.1) is 0 Å². The third kappa shape index (κ3) is 3.32. The second-order valence-corrected chi connectivity index (χ2v) is 5.15. The SMILES string of the molecule is Cc1cc(C(O)C(=O)N2CCCCCC2)ccc1F. The Bertz CT molecular complexity index is 453. The fourth-order valence-corrected chi connectivity index (χ4v) is 2.44. The molecule has 1 amide bonds. The molecule has 1 aromatic rings. The molecule has 0 saturated carbocycles. The number of carbonyl (C=O) groups excluding carboxylic acids is 1. The number of likely N-dealkylation sites (tertiary alicyclic amines) is 1. The molecule has 2 rings (SSSR count). The summed E-state index contributed by atoms with van der Waals surface area (Å²) >= 11 is 0. The van der Waals surface area contributed by atoms with Gasteiger partial charge in [0.2, 0.25) is 0 Å². The van der Waals surface area contributed by atoms with Crippen LogP contribution in [0.5, 0.6) is 0 Å². The highest BCUT2D eigenvalue weighted by Gasteiger charge is 2.24. The van der Waals surface area contributed by atoms with Gasteiger partial charge in [-0.2, -0.15) is 0 Å². The number of aliphatic hydroxyl groups excluding tert-OH is 1. The first kappa shape index (κ1) is 14.0. The minimum Gasteiger partial charge on any atom is -0.378 e. The highest BCUT2D eigenvalue weighted by Crippen LogP contribution is 2.20. The van der Waals surface area contributed by atoms with E-state index in [2.05, 4.69) is 0 Å². The van der Waals surface area contributed by atoms with Crippen LogP contribution in [0.25, 0.3) is 0 Å². The Morgan fingerprint density at radius 3 is 2.47 bits per heavy atom. The first-order chi connectivity index (χ1) is 9.09. The van der Waals surface area contributed by atoms with Crippen LogP contribution in [0.4, 0.5) is 4.39 Å². The monoisotopic (exact) mass is 265 g/mol. The molecule has 1 N–H and O–H groups in total. The molecule has 0 bridgehead atoms. The molecule has 104 valence electrons. The van der Waals surface area contributed by atoms with Crippen LogP contribution in [0.1, 0.15) is 42.9 Å². The second kappa shape index (κ2) is 6.15. The van der Waals surface area contributed by atoms with E-state index in [1.54, 1.807) is 11.8 Å². The Morgan fingerprint density at radius 1 is 1.26 bits per heavy atom. The van der Waals surface area contributed by atoms with Gasteiger partial charge in [-0.3, -0.25) is 4.79 Å². The van der Waals surface area contributed by atoms with Gasteiger partial charge in [0.1, 0.15) is 5.82 Å². The van der Waals surface area contributed by atoms with Crippen molar-refractivity contribution in [3.63, 3.8) is 0 Å². The van der Waals surface area contributed by atoms with Crippen LogP contribution in [-0.2, 0) is 4.79 Å². The summed E-state index contributed by atoms with van der Waals surface area (Å²) in [5.41, 5.74) is 0.911. The van der Waals surface area contributed by atoms with Crippen LogP contribution in [0, 0.1) is 12.7 Å². The standard InChI is InChI=1S/C15H20FNO2/c1-11-10-12(6-7-13(11)16)14(18)15(19)17-8-4-2-3-5-9-17/h6-7,10,14,18H,2-5,8-9H2,1H3. The summed E-state index contributed by atoms with van der Waals surface area (Å²) in [6.07, 6.45) is 3.06. The van der Waals surface area contributed by atoms with Gasteiger partial charge in [-0.25, -0.2) is 4.39 Å². The van der Waals surface area contributed by atoms with Crippen molar-refractivity contribution in [3.8, 4) is 0 Å². The van der Waals surface area contributed by atoms with E-state index in [1.165, 1.54) is 18.2 Å². The second-order valence-electron chi connectivity index (χ2n) is 5.15. The Hall–Kier alpha value is -1.42. The van der Waals surface area contributed by atoms with Crippen molar-refractivity contribution >= 4 is 5.91 Å². The van der Waals surface area contributed by atoms with Crippen LogP contribution in [0.3, 0.4) is 0 Å². The number of aryl methyl sites for hydroxylation is 1. The van der Waals surface area contributed by atoms with Crippen LogP contribution in [0.2, 0.25) is 0 Å². The minimum absolute atomic E-state index is 0.270. The van der Waals surface area contributed by atoms with E-state index in [-0.39, 0.29) is 11.7 Å². The predicted molar refractivity (Wildman–Crippen MR) is 71.1 cm³/mol. The summed E-state index contributed by atoms with van der Waals surface area (Å²) in [5.74, 6) is -0.592. The number of carbonyl (C=O) groups is 1. The van der Waals surface area contributed by atoms with Crippen LogP contribution in [-0.4, -0.2) is 29.0 Å². The average Bonchev–Trinajstić information content (AvgIpc) is 2.69. The summed E-state index contributed by atoms with van der Waals surface area (Å²) in [6.45, 7) is 3.04. The molecule has 4 heteroatoms. The van der Waals surface area contributed by atoms with Gasteiger partial charge in [0.25, 0.3) is 5.91 Å². The molecule has 0 aliphatic carbocycles. The lowest BCUT2D eigenvalue weighted by atomic mass is 10.1. The van der Waals surface area contributed by atoms with E-state index in [0.717, 1.165) is 25.7 Å². The molecular weight excluding hydrogens is 245 g/mol. The van der Waals surface area contributed by atoms with Gasteiger partial charge in [0.15, 0.2) is 6.10 Å². The summed E-state index contributed by atoms with van der Waals surface area (Å²) in [5, 5.41) is 10.1. The van der Waals surface area contributed by atoms with Gasteiger partial charge in [-0.05, 0) is 37.0 Å². The Balaban J connectivity index is 2.10. The highest BCUT2D eigenvalue weighted by atomic mass is 19.1. The molecule has 1 aliphatic heterocycles. The first-order valence-corrected chi connectivity index (χ1v) is 6.82. The summed E-state index contributed by atoms with van der Waals surface area (Å²) < 4.78 is 13.2. The van der Waals surface area contributed by atoms with Crippen LogP contribution in [0.15, 0.2) is 18.2 Å². The smallest absolute Gasteiger partial charge is 0.256 e. The van der Waals surface area contributed by atoms with Gasteiger partial charge >= 0.3 is 0 Å². The fraction of sp³-hybridized carbons (Fsp3) is 0.533. The van der Waals surface area contributed by atoms with Crippen molar-refractivity contribution in [1.82, 2.24) is 4.90 Å². The Labute approximate surface area is 113 Å². The van der Waals surface area contributed by atoms with Crippen molar-refractivity contribution in [3.05, 3.63) is 35.1 Å². The molecule has 19 heavy (non-hydrogen) atoms. The minimum atomic E-state index is -1.18. The summed E-state index contributed by atoms with van der Waals surface area (Å²) in [6, 6.07) is 4.31. The zero-order valence-corrected chi connectivity index (χ0v) is 11.2. The van der Waals surface area contributed by atoms with E-state index in [9.17, 15) is 14.3 Å². The third-order valence-corrected chi connectivity index (χ3v) is 3.65. The molecule has 1 aliphatic rings. The lowest BCUT2D eigenvalue weighted by Crippen LogP contribution is -2.35. The van der Waals surface area contributed by atoms with E-state index < -0.39 is 6.10 Å². The number of amides is 1. The zero-order valence-electron chi connectivity index (χ0n) is 11.2. The van der Waals surface area contributed by atoms with Crippen molar-refractivity contribution in [2.75, 3.05) is 13.1 Å². The molecule has 0 spiro atoms. The number of rotatable bonds is 2. The van der Waals surface area contributed by atoms with Gasteiger partial charge in [-0.1, -0.05) is 25.0 Å². The number of hydrogen-bond donors (Lipinski definition) is 1. The highest BCUT2D eigenvalue weighted by molar-refractivity contribution is 5.82. The molecule has 1 unspecified atom stereocenters. The third-order valence-electron chi connectivity index (χ3n) is 3.65. The van der Waals surface area contributed by atoms with Crippen molar-refractivity contribution in [2.45, 2.75) is 38.7 Å². The van der Waals surface area contributed by atoms with E-state index in [4.69, 9.17) is 0 Å². The Kier molecular flexibility index (Phi) is 4.53. The number of benzene rings is 1. The lowest BCUT2D eigenvalue weighted by Gasteiger charge is -2.23. The number of aliphatic hydroxyl groups is 1. The summed E-state index contributed by atoms with van der Waals surface area (Å²) in [4.78, 5) is 13.9. The molecule has 1 saturated heterocycles. The van der Waals surface area contributed by atoms with E-state index >= 15 is 0 Å². The molecule has 0 radical (unpaired) electrons. The fourth-order valence-electron chi connectivity index (χ4n) is 2.44. The molecule has 1 fully saturated rings. The van der Waals surface area contributed by atoms with Gasteiger partial charge in [0, 0.05) is 13.1 Å². The van der Waals surface area contributed by atoms with Crippen LogP contribution >= 0.6 is 0 Å².